The molecule has 22 nitrogen and oxygen atoms in total. The fourth-order valence-electron chi connectivity index (χ4n) is 7.65. The van der Waals surface area contributed by atoms with Crippen LogP contribution in [0.25, 0.3) is 10.4 Å². The molecule has 3 fully saturated rings. The van der Waals surface area contributed by atoms with Gasteiger partial charge in [-0.15, -0.1) is 0 Å². The summed E-state index contributed by atoms with van der Waals surface area (Å²) in [5, 5.41) is 11.9. The molecule has 0 radical (unpaired) electrons. The van der Waals surface area contributed by atoms with Crippen LogP contribution in [0, 0.1) is 17.8 Å². The summed E-state index contributed by atoms with van der Waals surface area (Å²) in [6.07, 6.45) is 3.44. The van der Waals surface area contributed by atoms with Crippen molar-refractivity contribution in [2.75, 3.05) is 48.5 Å². The predicted molar refractivity (Wildman–Crippen MR) is 248 cm³/mol. The van der Waals surface area contributed by atoms with E-state index < -0.39 is 63.4 Å². The average molecular weight is 961 g/mol. The summed E-state index contributed by atoms with van der Waals surface area (Å²) in [6.45, 7) is 16.0. The van der Waals surface area contributed by atoms with Crippen LogP contribution in [0.2, 0.25) is 0 Å². The molecule has 0 saturated heterocycles. The molecule has 23 heteroatoms. The Kier molecular flexibility index (Phi) is 23.0. The number of hydrogen-bond acceptors (Lipinski definition) is 14. The number of nitrogens with two attached hydrogens (primary N) is 1. The van der Waals surface area contributed by atoms with Crippen molar-refractivity contribution in [2.45, 2.75) is 173 Å². The smallest absolute Gasteiger partial charge is 0.407 e. The van der Waals surface area contributed by atoms with E-state index in [1.807, 2.05) is 20.8 Å². The lowest BCUT2D eigenvalue weighted by atomic mass is 9.82. The van der Waals surface area contributed by atoms with Gasteiger partial charge >= 0.3 is 18.3 Å². The molecule has 5 N–H and O–H groups in total. The zero-order valence-electron chi connectivity index (χ0n) is 42.1. The van der Waals surface area contributed by atoms with E-state index in [1.165, 1.54) is 4.90 Å². The minimum Gasteiger partial charge on any atom is -0.444 e. The standard InChI is InChI=1S/C15H28N2O6S.C14H25N5O3.C14H27N3O3/c1-15(2,3)22-14(19)16-11-9-10(13(18)17(4)5)7-8-12(11)23-24(6,20)21;1-14(2,3)22-13(21)16-11-8-9(12(20)19(4)5)6-7-10(11)17-18-15;1-14(2,3)20-13(19)16-11-8-9(6-7-10(11)15)12(18)17(4)5/h10-12H,7-9H2,1-6H3,(H,16,19);9-11H,6-8H2,1-5H3,(H,16,21);9-11H,6-8,15H2,1-5H3,(H,16,19)/t10-,11+,12+;2*9-,10-,11+/m000/s1. The van der Waals surface area contributed by atoms with Gasteiger partial charge in [0.2, 0.25) is 17.7 Å². The average Bonchev–Trinajstić information content (AvgIpc) is 3.13. The molecule has 9 atom stereocenters. The minimum atomic E-state index is -3.67. The maximum Gasteiger partial charge on any atom is 0.407 e. The second-order valence-corrected chi connectivity index (χ2v) is 22.4. The summed E-state index contributed by atoms with van der Waals surface area (Å²) in [5.74, 6) is -0.490. The monoisotopic (exact) mass is 961 g/mol. The number of nitrogens with one attached hydrogen (secondary N) is 3. The van der Waals surface area contributed by atoms with E-state index in [2.05, 4.69) is 26.0 Å². The molecular formula is C43H80N10O12S. The molecule has 3 aliphatic rings. The van der Waals surface area contributed by atoms with Crippen LogP contribution in [0.15, 0.2) is 5.11 Å². The van der Waals surface area contributed by atoms with Crippen LogP contribution < -0.4 is 21.7 Å². The number of nitrogens with zero attached hydrogens (tertiary/aromatic N) is 6. The van der Waals surface area contributed by atoms with E-state index >= 15 is 0 Å². The fraction of sp³-hybridized carbons (Fsp3) is 0.860. The molecule has 66 heavy (non-hydrogen) atoms. The summed E-state index contributed by atoms with van der Waals surface area (Å²) >= 11 is 0. The molecule has 3 saturated carbocycles. The first-order valence-corrected chi connectivity index (χ1v) is 24.1. The molecule has 3 aliphatic carbocycles. The van der Waals surface area contributed by atoms with Crippen molar-refractivity contribution >= 4 is 46.1 Å². The first kappa shape index (κ1) is 59.4. The van der Waals surface area contributed by atoms with Crippen molar-refractivity contribution in [1.82, 2.24) is 30.7 Å². The first-order chi connectivity index (χ1) is 30.0. The van der Waals surface area contributed by atoms with Gasteiger partial charge in [-0.2, -0.15) is 8.42 Å². The molecule has 0 unspecified atom stereocenters. The second kappa shape index (κ2) is 25.5. The number of ether oxygens (including phenoxy) is 3. The van der Waals surface area contributed by atoms with Gasteiger partial charge in [-0.05, 0) is 126 Å². The maximum atomic E-state index is 12.2. The van der Waals surface area contributed by atoms with Gasteiger partial charge in [0.05, 0.1) is 24.4 Å². The zero-order chi connectivity index (χ0) is 51.1. The highest BCUT2D eigenvalue weighted by atomic mass is 32.2. The van der Waals surface area contributed by atoms with E-state index in [0.717, 1.165) is 19.1 Å². The van der Waals surface area contributed by atoms with Crippen molar-refractivity contribution in [1.29, 1.82) is 0 Å². The molecule has 0 aliphatic heterocycles. The first-order valence-electron chi connectivity index (χ1n) is 22.3. The Morgan fingerprint density at radius 2 is 0.909 bits per heavy atom. The van der Waals surface area contributed by atoms with Gasteiger partial charge < -0.3 is 50.6 Å². The van der Waals surface area contributed by atoms with Crippen LogP contribution >= 0.6 is 0 Å². The largest absolute Gasteiger partial charge is 0.444 e. The second-order valence-electron chi connectivity index (χ2n) is 20.8. The van der Waals surface area contributed by atoms with Crippen LogP contribution in [-0.2, 0) is 42.9 Å². The molecule has 0 heterocycles. The van der Waals surface area contributed by atoms with Gasteiger partial charge in [-0.1, -0.05) is 5.11 Å². The normalized spacial score (nSPS) is 25.5. The lowest BCUT2D eigenvalue weighted by Gasteiger charge is -2.36. The summed E-state index contributed by atoms with van der Waals surface area (Å²) in [4.78, 5) is 79.5. The van der Waals surface area contributed by atoms with Crippen molar-refractivity contribution in [3.05, 3.63) is 10.4 Å². The maximum absolute atomic E-state index is 12.2. The van der Waals surface area contributed by atoms with Crippen molar-refractivity contribution in [2.24, 2.45) is 28.6 Å². The van der Waals surface area contributed by atoms with E-state index in [-0.39, 0.29) is 53.6 Å². The Balaban J connectivity index is 0.000000497. The van der Waals surface area contributed by atoms with Crippen LogP contribution in [-0.4, -0.2) is 161 Å². The van der Waals surface area contributed by atoms with Crippen molar-refractivity contribution in [3.8, 4) is 0 Å². The van der Waals surface area contributed by atoms with E-state index in [4.69, 9.17) is 29.7 Å². The number of carbonyl (C=O) groups excluding carboxylic acids is 6. The Bertz CT molecular complexity index is 1800. The lowest BCUT2D eigenvalue weighted by molar-refractivity contribution is -0.135. The highest BCUT2D eigenvalue weighted by molar-refractivity contribution is 7.86. The number of hydrogen-bond donors (Lipinski definition) is 4. The number of alkyl carbamates (subject to hydrolysis) is 3. The van der Waals surface area contributed by atoms with Crippen LogP contribution in [0.5, 0.6) is 0 Å². The Morgan fingerprint density at radius 3 is 1.27 bits per heavy atom. The van der Waals surface area contributed by atoms with Crippen LogP contribution in [0.4, 0.5) is 14.4 Å². The SMILES string of the molecule is CN(C)C(=O)[C@H]1CC[C@@H](OS(C)(=O)=O)[C@H](NC(=O)OC(C)(C)C)C1.CN(C)C(=O)[C@H]1CC[C@H](N)[C@H](NC(=O)OC(C)(C)C)C1.CN(C)C(=O)[C@H]1CC[C@H](N=[N+]=[N-])[C@H](NC(=O)OC(C)(C)C)C1. The molecule has 0 bridgehead atoms. The topological polar surface area (TPSA) is 294 Å². The van der Waals surface area contributed by atoms with Gasteiger partial charge in [-0.25, -0.2) is 14.4 Å². The molecule has 0 spiro atoms. The summed E-state index contributed by atoms with van der Waals surface area (Å²) < 4.78 is 43.6. The lowest BCUT2D eigenvalue weighted by Crippen LogP contribution is -2.53. The summed E-state index contributed by atoms with van der Waals surface area (Å²) in [7, 11) is 6.56. The molecule has 380 valence electrons. The van der Waals surface area contributed by atoms with E-state index in [0.29, 0.717) is 44.9 Å². The van der Waals surface area contributed by atoms with Gasteiger partial charge in [-0.3, -0.25) is 18.6 Å². The molecule has 0 aromatic heterocycles. The number of azide groups is 1. The van der Waals surface area contributed by atoms with Gasteiger partial charge in [0, 0.05) is 83.1 Å². The highest BCUT2D eigenvalue weighted by Crippen LogP contribution is 2.31. The number of carbonyl (C=O) groups is 6. The molecule has 3 rings (SSSR count). The Labute approximate surface area is 392 Å². The highest BCUT2D eigenvalue weighted by Gasteiger charge is 2.39. The third-order valence-electron chi connectivity index (χ3n) is 10.5. The van der Waals surface area contributed by atoms with E-state index in [1.54, 1.807) is 93.6 Å². The third kappa shape index (κ3) is 23.2. The molecular weight excluding hydrogens is 881 g/mol. The number of amides is 6. The van der Waals surface area contributed by atoms with Crippen LogP contribution in [0.3, 0.4) is 0 Å². The molecule has 0 aromatic rings. The van der Waals surface area contributed by atoms with Gasteiger partial charge in [0.25, 0.3) is 10.1 Å². The van der Waals surface area contributed by atoms with Crippen molar-refractivity contribution in [3.63, 3.8) is 0 Å². The van der Waals surface area contributed by atoms with E-state index in [9.17, 15) is 37.2 Å². The zero-order valence-corrected chi connectivity index (χ0v) is 42.9. The molecule has 6 amide bonds. The quantitative estimate of drug-likeness (QED) is 0.0805. The molecule has 0 aromatic carbocycles. The minimum absolute atomic E-state index is 0.0235. The number of rotatable bonds is 9. The van der Waals surface area contributed by atoms with Gasteiger partial charge in [0.15, 0.2) is 0 Å². The predicted octanol–water partition coefficient (Wildman–Crippen LogP) is 4.66. The Hall–Kier alpha value is -4.60. The summed E-state index contributed by atoms with van der Waals surface area (Å²) in [6, 6.07) is -1.71. The fourth-order valence-corrected chi connectivity index (χ4v) is 8.33. The Morgan fingerprint density at radius 1 is 0.576 bits per heavy atom. The van der Waals surface area contributed by atoms with Crippen molar-refractivity contribution < 1.29 is 55.6 Å². The van der Waals surface area contributed by atoms with Gasteiger partial charge in [0.1, 0.15) is 16.8 Å². The van der Waals surface area contributed by atoms with Crippen LogP contribution in [0.1, 0.15) is 120 Å². The summed E-state index contributed by atoms with van der Waals surface area (Å²) in [5.41, 5.74) is 12.9. The third-order valence-corrected chi connectivity index (χ3v) is 11.1.